The van der Waals surface area contributed by atoms with Crippen LogP contribution in [0.4, 0.5) is 0 Å². The predicted molar refractivity (Wildman–Crippen MR) is 238 cm³/mol. The summed E-state index contributed by atoms with van der Waals surface area (Å²) in [5, 5.41) is 10.3. The Hall–Kier alpha value is -1.94. The van der Waals surface area contributed by atoms with Crippen molar-refractivity contribution in [2.75, 3.05) is 39.6 Å². The van der Waals surface area contributed by atoms with E-state index in [-0.39, 0.29) is 25.7 Å². The van der Waals surface area contributed by atoms with E-state index < -0.39 is 97.5 Å². The van der Waals surface area contributed by atoms with Gasteiger partial charge in [0.1, 0.15) is 19.3 Å². The van der Waals surface area contributed by atoms with E-state index in [1.807, 2.05) is 13.8 Å². The van der Waals surface area contributed by atoms with Gasteiger partial charge in [-0.05, 0) is 25.7 Å². The molecule has 3 N–H and O–H groups in total. The van der Waals surface area contributed by atoms with E-state index in [4.69, 9.17) is 37.0 Å². The Labute approximate surface area is 377 Å². The van der Waals surface area contributed by atoms with Gasteiger partial charge in [0.05, 0.1) is 26.4 Å². The van der Waals surface area contributed by atoms with Crippen molar-refractivity contribution in [2.24, 2.45) is 0 Å². The number of rotatable bonds is 45. The Balaban J connectivity index is 5.09. The maximum Gasteiger partial charge on any atom is 0.472 e. The second kappa shape index (κ2) is 40.3. The molecule has 0 heterocycles. The quantitative estimate of drug-likeness (QED) is 0.0223. The first-order valence-electron chi connectivity index (χ1n) is 23.8. The molecule has 0 fully saturated rings. The van der Waals surface area contributed by atoms with Crippen LogP contribution in [0.3, 0.4) is 0 Å². The van der Waals surface area contributed by atoms with Crippen molar-refractivity contribution in [3.63, 3.8) is 0 Å². The topological polar surface area (TPSA) is 237 Å². The molecule has 0 aliphatic rings. The molecular weight excluding hydrogens is 862 g/mol. The molecule has 0 spiro atoms. The molecule has 0 saturated heterocycles. The fraction of sp³-hybridized carbons (Fsp3) is 0.909. The van der Waals surface area contributed by atoms with Crippen LogP contribution in [-0.2, 0) is 65.4 Å². The van der Waals surface area contributed by atoms with Crippen LogP contribution in [-0.4, -0.2) is 96.7 Å². The lowest BCUT2D eigenvalue weighted by atomic mass is 10.1. The first-order chi connectivity index (χ1) is 30.2. The van der Waals surface area contributed by atoms with E-state index in [1.54, 1.807) is 0 Å². The van der Waals surface area contributed by atoms with Gasteiger partial charge in [-0.15, -0.1) is 0 Å². The Morgan fingerprint density at radius 3 is 0.984 bits per heavy atom. The fourth-order valence-electron chi connectivity index (χ4n) is 6.10. The normalized spacial score (nSPS) is 14.8. The van der Waals surface area contributed by atoms with Gasteiger partial charge in [-0.3, -0.25) is 37.3 Å². The number of unbranched alkanes of at least 4 members (excludes halogenated alkanes) is 19. The molecule has 0 aliphatic heterocycles. The van der Waals surface area contributed by atoms with Gasteiger partial charge in [-0.1, -0.05) is 150 Å². The van der Waals surface area contributed by atoms with Crippen LogP contribution in [0.2, 0.25) is 0 Å². The van der Waals surface area contributed by atoms with Crippen LogP contribution in [0, 0.1) is 0 Å². The molecule has 0 bridgehead atoms. The standard InChI is InChI=1S/C44H84O17P2/c1-5-9-13-16-18-20-22-26-29-42(47)55-35-40(61-44(49)31-27-23-21-19-17-14-10-6-2)37-59-63(52,53)57-33-38(45)32-56-62(50,51)58-36-39(60-43(48)30-24-12-8-4)34-54-41(46)28-25-15-11-7-3/h38-40,45H,5-37H2,1-4H3,(H,50,51)(H,52,53)/t38-,39+,40+/m0/s1. The SMILES string of the molecule is CCCCCCCCCCC(=O)OC[C@H](COP(=O)(O)OC[C@@H](O)COP(=O)(O)OC[C@@H](COC(=O)CCCCCC)OC(=O)CCCCC)OC(=O)CCCCCCCCCC. The van der Waals surface area contributed by atoms with Gasteiger partial charge >= 0.3 is 39.5 Å². The Kier molecular flexibility index (Phi) is 39.1. The zero-order valence-electron chi connectivity index (χ0n) is 39.0. The molecule has 0 aromatic carbocycles. The minimum atomic E-state index is -4.91. The van der Waals surface area contributed by atoms with E-state index >= 15 is 0 Å². The highest BCUT2D eigenvalue weighted by molar-refractivity contribution is 7.47. The largest absolute Gasteiger partial charge is 0.472 e. The van der Waals surface area contributed by atoms with Crippen LogP contribution in [0.5, 0.6) is 0 Å². The third-order valence-electron chi connectivity index (χ3n) is 9.85. The highest BCUT2D eigenvalue weighted by Gasteiger charge is 2.30. The molecule has 5 atom stereocenters. The number of carbonyl (C=O) groups is 4. The monoisotopic (exact) mass is 947 g/mol. The summed E-state index contributed by atoms with van der Waals surface area (Å²) in [4.78, 5) is 70.2. The minimum Gasteiger partial charge on any atom is -0.462 e. The summed E-state index contributed by atoms with van der Waals surface area (Å²) in [6.45, 7) is 4.36. The van der Waals surface area contributed by atoms with Crippen molar-refractivity contribution in [1.82, 2.24) is 0 Å². The van der Waals surface area contributed by atoms with Crippen LogP contribution in [0.1, 0.15) is 201 Å². The number of esters is 4. The highest BCUT2D eigenvalue weighted by atomic mass is 31.2. The summed E-state index contributed by atoms with van der Waals surface area (Å²) < 4.78 is 66.3. The van der Waals surface area contributed by atoms with Gasteiger partial charge in [0, 0.05) is 25.7 Å². The van der Waals surface area contributed by atoms with Gasteiger partial charge in [-0.2, -0.15) is 0 Å². The average Bonchev–Trinajstić information content (AvgIpc) is 3.24. The lowest BCUT2D eigenvalue weighted by Gasteiger charge is -2.21. The number of aliphatic hydroxyl groups is 1. The number of carbonyl (C=O) groups excluding carboxylic acids is 4. The maximum absolute atomic E-state index is 12.7. The van der Waals surface area contributed by atoms with Gasteiger partial charge in [0.25, 0.3) is 0 Å². The summed E-state index contributed by atoms with van der Waals surface area (Å²) in [5.41, 5.74) is 0. The van der Waals surface area contributed by atoms with E-state index in [2.05, 4.69) is 13.8 Å². The zero-order chi connectivity index (χ0) is 47.0. The maximum atomic E-state index is 12.7. The van der Waals surface area contributed by atoms with E-state index in [0.29, 0.717) is 25.7 Å². The molecular formula is C44H84O17P2. The van der Waals surface area contributed by atoms with Crippen molar-refractivity contribution in [1.29, 1.82) is 0 Å². The molecule has 0 aliphatic carbocycles. The minimum absolute atomic E-state index is 0.0885. The predicted octanol–water partition coefficient (Wildman–Crippen LogP) is 10.1. The average molecular weight is 947 g/mol. The second-order valence-corrected chi connectivity index (χ2v) is 19.0. The summed E-state index contributed by atoms with van der Waals surface area (Å²) in [5.74, 6) is -2.21. The lowest BCUT2D eigenvalue weighted by Crippen LogP contribution is -2.30. The first-order valence-corrected chi connectivity index (χ1v) is 26.8. The van der Waals surface area contributed by atoms with Gasteiger partial charge in [-0.25, -0.2) is 9.13 Å². The highest BCUT2D eigenvalue weighted by Crippen LogP contribution is 2.45. The molecule has 0 aromatic heterocycles. The molecule has 19 heteroatoms. The van der Waals surface area contributed by atoms with Crippen molar-refractivity contribution in [3.05, 3.63) is 0 Å². The van der Waals surface area contributed by atoms with Gasteiger partial charge < -0.3 is 33.8 Å². The number of hydrogen-bond donors (Lipinski definition) is 3. The Bertz CT molecular complexity index is 1270. The van der Waals surface area contributed by atoms with E-state index in [0.717, 1.165) is 89.9 Å². The molecule has 2 unspecified atom stereocenters. The van der Waals surface area contributed by atoms with Crippen molar-refractivity contribution >= 4 is 39.5 Å². The molecule has 0 rings (SSSR count). The number of hydrogen-bond acceptors (Lipinski definition) is 15. The van der Waals surface area contributed by atoms with Crippen LogP contribution in [0.15, 0.2) is 0 Å². The molecule has 63 heavy (non-hydrogen) atoms. The number of aliphatic hydroxyl groups excluding tert-OH is 1. The summed E-state index contributed by atoms with van der Waals surface area (Å²) >= 11 is 0. The van der Waals surface area contributed by atoms with Crippen molar-refractivity contribution in [3.8, 4) is 0 Å². The van der Waals surface area contributed by atoms with E-state index in [1.165, 1.54) is 32.1 Å². The molecule has 0 aromatic rings. The molecule has 17 nitrogen and oxygen atoms in total. The van der Waals surface area contributed by atoms with Crippen molar-refractivity contribution in [2.45, 2.75) is 219 Å². The van der Waals surface area contributed by atoms with Crippen LogP contribution < -0.4 is 0 Å². The third-order valence-corrected chi connectivity index (χ3v) is 11.8. The summed E-state index contributed by atoms with van der Waals surface area (Å²) in [7, 11) is -9.81. The third kappa shape index (κ3) is 40.1. The Morgan fingerprint density at radius 2 is 0.635 bits per heavy atom. The summed E-state index contributed by atoms with van der Waals surface area (Å²) in [6, 6.07) is 0. The van der Waals surface area contributed by atoms with Gasteiger partial charge in [0.2, 0.25) is 0 Å². The molecule has 0 amide bonds. The number of ether oxygens (including phenoxy) is 4. The smallest absolute Gasteiger partial charge is 0.462 e. The zero-order valence-corrected chi connectivity index (χ0v) is 40.8. The first kappa shape index (κ1) is 61.1. The number of phosphoric ester groups is 2. The summed E-state index contributed by atoms with van der Waals surface area (Å²) in [6.07, 6.45) is 18.6. The van der Waals surface area contributed by atoms with Crippen molar-refractivity contribution < 1.29 is 80.2 Å². The van der Waals surface area contributed by atoms with Crippen LogP contribution in [0.25, 0.3) is 0 Å². The van der Waals surface area contributed by atoms with Crippen LogP contribution >= 0.6 is 15.6 Å². The fourth-order valence-corrected chi connectivity index (χ4v) is 7.68. The Morgan fingerprint density at radius 1 is 0.381 bits per heavy atom. The van der Waals surface area contributed by atoms with Gasteiger partial charge in [0.15, 0.2) is 12.2 Å². The lowest BCUT2D eigenvalue weighted by molar-refractivity contribution is -0.161. The number of phosphoric acid groups is 2. The second-order valence-electron chi connectivity index (χ2n) is 16.1. The molecule has 0 saturated carbocycles. The molecule has 0 radical (unpaired) electrons. The molecule has 372 valence electrons. The van der Waals surface area contributed by atoms with E-state index in [9.17, 15) is 43.2 Å².